The summed E-state index contributed by atoms with van der Waals surface area (Å²) in [6.07, 6.45) is 4.50. The number of rotatable bonds is 5. The molecule has 0 spiro atoms. The summed E-state index contributed by atoms with van der Waals surface area (Å²) in [5, 5.41) is 0. The molecular weight excluding hydrogens is 250 g/mol. The van der Waals surface area contributed by atoms with Crippen molar-refractivity contribution >= 4 is 15.9 Å². The minimum absolute atomic E-state index is 0.370. The molecule has 0 fully saturated rings. The molecule has 0 saturated heterocycles. The molecule has 2 heteroatoms. The Labute approximate surface area is 101 Å². The van der Waals surface area contributed by atoms with Gasteiger partial charge in [0.2, 0.25) is 0 Å². The Morgan fingerprint density at radius 2 is 2.13 bits per heavy atom. The van der Waals surface area contributed by atoms with Crippen molar-refractivity contribution in [3.05, 3.63) is 33.8 Å². The van der Waals surface area contributed by atoms with Crippen LogP contribution in [0.1, 0.15) is 37.3 Å². The van der Waals surface area contributed by atoms with Crippen LogP contribution in [0.15, 0.2) is 22.7 Å². The maximum absolute atomic E-state index is 5.89. The van der Waals surface area contributed by atoms with Gasteiger partial charge in [-0.2, -0.15) is 0 Å². The third kappa shape index (κ3) is 4.35. The highest BCUT2D eigenvalue weighted by molar-refractivity contribution is 9.10. The van der Waals surface area contributed by atoms with E-state index in [1.54, 1.807) is 0 Å². The Bertz CT molecular complexity index is 309. The Morgan fingerprint density at radius 3 is 2.73 bits per heavy atom. The van der Waals surface area contributed by atoms with Crippen molar-refractivity contribution < 1.29 is 0 Å². The van der Waals surface area contributed by atoms with E-state index in [1.807, 2.05) is 0 Å². The second-order valence-corrected chi connectivity index (χ2v) is 5.01. The van der Waals surface area contributed by atoms with Crippen LogP contribution in [-0.2, 0) is 6.42 Å². The van der Waals surface area contributed by atoms with Crippen LogP contribution < -0.4 is 5.73 Å². The zero-order chi connectivity index (χ0) is 11.3. The molecule has 1 aromatic carbocycles. The summed E-state index contributed by atoms with van der Waals surface area (Å²) in [5.41, 5.74) is 8.58. The quantitative estimate of drug-likeness (QED) is 0.864. The van der Waals surface area contributed by atoms with E-state index >= 15 is 0 Å². The third-order valence-corrected chi connectivity index (χ3v) is 3.49. The first-order valence-electron chi connectivity index (χ1n) is 5.64. The molecule has 2 N–H and O–H groups in total. The van der Waals surface area contributed by atoms with Crippen LogP contribution in [0.5, 0.6) is 0 Å². The molecule has 1 unspecified atom stereocenters. The average Bonchev–Trinajstić information content (AvgIpc) is 2.21. The van der Waals surface area contributed by atoms with Gasteiger partial charge in [0, 0.05) is 10.5 Å². The van der Waals surface area contributed by atoms with E-state index in [2.05, 4.69) is 48.0 Å². The molecule has 0 aliphatic heterocycles. The maximum atomic E-state index is 5.89. The number of hydrogen-bond donors (Lipinski definition) is 1. The second-order valence-electron chi connectivity index (χ2n) is 4.16. The zero-order valence-corrected chi connectivity index (χ0v) is 11.2. The van der Waals surface area contributed by atoms with Crippen molar-refractivity contribution in [3.63, 3.8) is 0 Å². The van der Waals surface area contributed by atoms with E-state index in [0.717, 1.165) is 19.3 Å². The molecule has 0 amide bonds. The number of hydrogen-bond acceptors (Lipinski definition) is 1. The van der Waals surface area contributed by atoms with Crippen LogP contribution in [-0.4, -0.2) is 6.04 Å². The van der Waals surface area contributed by atoms with Gasteiger partial charge in [0.15, 0.2) is 0 Å². The minimum atomic E-state index is 0.370. The van der Waals surface area contributed by atoms with Gasteiger partial charge in [-0.15, -0.1) is 0 Å². The van der Waals surface area contributed by atoms with Gasteiger partial charge in [-0.25, -0.2) is 0 Å². The molecule has 0 aromatic heterocycles. The van der Waals surface area contributed by atoms with E-state index in [1.165, 1.54) is 22.0 Å². The van der Waals surface area contributed by atoms with Gasteiger partial charge in [0.25, 0.3) is 0 Å². The van der Waals surface area contributed by atoms with E-state index in [-0.39, 0.29) is 0 Å². The predicted octanol–water partition coefficient (Wildman–Crippen LogP) is 3.82. The lowest BCUT2D eigenvalue weighted by atomic mass is 10.0. The van der Waals surface area contributed by atoms with Crippen molar-refractivity contribution in [1.29, 1.82) is 0 Å². The Balaban J connectivity index is 2.44. The molecule has 1 aromatic rings. The molecule has 1 rings (SSSR count). The standard InChI is InChI=1S/C13H20BrN/c1-3-12(15)6-4-5-11-8-7-10(2)9-13(11)14/h7-9,12H,3-6,15H2,1-2H3. The fourth-order valence-electron chi connectivity index (χ4n) is 1.61. The van der Waals surface area contributed by atoms with Crippen LogP contribution in [0.4, 0.5) is 0 Å². The fraction of sp³-hybridized carbons (Fsp3) is 0.538. The summed E-state index contributed by atoms with van der Waals surface area (Å²) in [4.78, 5) is 0. The van der Waals surface area contributed by atoms with E-state index in [9.17, 15) is 0 Å². The molecule has 1 nitrogen and oxygen atoms in total. The van der Waals surface area contributed by atoms with Gasteiger partial charge in [0.1, 0.15) is 0 Å². The van der Waals surface area contributed by atoms with Crippen molar-refractivity contribution in [2.75, 3.05) is 0 Å². The smallest absolute Gasteiger partial charge is 0.0209 e. The Kier molecular flexibility index (Phi) is 5.34. The SMILES string of the molecule is CCC(N)CCCc1ccc(C)cc1Br. The molecule has 0 radical (unpaired) electrons. The monoisotopic (exact) mass is 269 g/mol. The van der Waals surface area contributed by atoms with E-state index < -0.39 is 0 Å². The molecule has 0 saturated carbocycles. The summed E-state index contributed by atoms with van der Waals surface area (Å²) in [6.45, 7) is 4.26. The molecule has 0 aliphatic rings. The lowest BCUT2D eigenvalue weighted by Crippen LogP contribution is -2.18. The largest absolute Gasteiger partial charge is 0.328 e. The van der Waals surface area contributed by atoms with Crippen molar-refractivity contribution in [1.82, 2.24) is 0 Å². The zero-order valence-electron chi connectivity index (χ0n) is 9.59. The Morgan fingerprint density at radius 1 is 1.40 bits per heavy atom. The van der Waals surface area contributed by atoms with Crippen LogP contribution in [0.25, 0.3) is 0 Å². The summed E-state index contributed by atoms with van der Waals surface area (Å²) in [6, 6.07) is 6.92. The molecule has 0 bridgehead atoms. The molecule has 15 heavy (non-hydrogen) atoms. The van der Waals surface area contributed by atoms with Gasteiger partial charge in [-0.1, -0.05) is 35.0 Å². The lowest BCUT2D eigenvalue weighted by molar-refractivity contribution is 0.568. The van der Waals surface area contributed by atoms with Gasteiger partial charge in [0.05, 0.1) is 0 Å². The Hall–Kier alpha value is -0.340. The molecule has 0 aliphatic carbocycles. The highest BCUT2D eigenvalue weighted by Crippen LogP contribution is 2.20. The molecule has 84 valence electrons. The summed E-state index contributed by atoms with van der Waals surface area (Å²) in [7, 11) is 0. The van der Waals surface area contributed by atoms with Crippen LogP contribution >= 0.6 is 15.9 Å². The minimum Gasteiger partial charge on any atom is -0.328 e. The number of nitrogens with two attached hydrogens (primary N) is 1. The normalized spacial score (nSPS) is 12.8. The maximum Gasteiger partial charge on any atom is 0.0209 e. The van der Waals surface area contributed by atoms with Crippen LogP contribution in [0, 0.1) is 6.92 Å². The summed E-state index contributed by atoms with van der Waals surface area (Å²) < 4.78 is 1.23. The first kappa shape index (κ1) is 12.7. The van der Waals surface area contributed by atoms with Gasteiger partial charge >= 0.3 is 0 Å². The van der Waals surface area contributed by atoms with Crippen LogP contribution in [0.2, 0.25) is 0 Å². The fourth-order valence-corrected chi connectivity index (χ4v) is 2.31. The lowest BCUT2D eigenvalue weighted by Gasteiger charge is -2.09. The second kappa shape index (κ2) is 6.29. The highest BCUT2D eigenvalue weighted by atomic mass is 79.9. The first-order valence-corrected chi connectivity index (χ1v) is 6.43. The van der Waals surface area contributed by atoms with Crippen molar-refractivity contribution in [2.45, 2.75) is 45.6 Å². The van der Waals surface area contributed by atoms with Crippen molar-refractivity contribution in [3.8, 4) is 0 Å². The average molecular weight is 270 g/mol. The summed E-state index contributed by atoms with van der Waals surface area (Å²) in [5.74, 6) is 0. The number of benzene rings is 1. The van der Waals surface area contributed by atoms with Gasteiger partial charge < -0.3 is 5.73 Å². The van der Waals surface area contributed by atoms with Gasteiger partial charge in [-0.05, 0) is 49.8 Å². The van der Waals surface area contributed by atoms with Crippen LogP contribution in [0.3, 0.4) is 0 Å². The molecular formula is C13H20BrN. The molecule has 1 atom stereocenters. The van der Waals surface area contributed by atoms with Crippen molar-refractivity contribution in [2.24, 2.45) is 5.73 Å². The summed E-state index contributed by atoms with van der Waals surface area (Å²) >= 11 is 3.60. The highest BCUT2D eigenvalue weighted by Gasteiger charge is 2.02. The first-order chi connectivity index (χ1) is 7.13. The van der Waals surface area contributed by atoms with Gasteiger partial charge in [-0.3, -0.25) is 0 Å². The van der Waals surface area contributed by atoms with E-state index in [4.69, 9.17) is 5.73 Å². The predicted molar refractivity (Wildman–Crippen MR) is 70.1 cm³/mol. The number of halogens is 1. The third-order valence-electron chi connectivity index (χ3n) is 2.75. The number of aryl methyl sites for hydroxylation is 2. The molecule has 0 heterocycles. The van der Waals surface area contributed by atoms with E-state index in [0.29, 0.717) is 6.04 Å². The topological polar surface area (TPSA) is 26.0 Å².